The van der Waals surface area contributed by atoms with E-state index in [0.717, 1.165) is 10.8 Å². The summed E-state index contributed by atoms with van der Waals surface area (Å²) in [6, 6.07) is 19.4. The number of fused-ring (bicyclic) bond motifs is 1. The Kier molecular flexibility index (Phi) is 18.2. The van der Waals surface area contributed by atoms with Crippen molar-refractivity contribution in [2.75, 3.05) is 7.05 Å². The van der Waals surface area contributed by atoms with Crippen LogP contribution in [-0.4, -0.2) is 12.2 Å². The zero-order valence-corrected chi connectivity index (χ0v) is 21.3. The first-order chi connectivity index (χ1) is 13.8. The van der Waals surface area contributed by atoms with Crippen LogP contribution >= 0.6 is 0 Å². The third-order valence-electron chi connectivity index (χ3n) is 3.14. The van der Waals surface area contributed by atoms with Gasteiger partial charge in [-0.2, -0.15) is 11.2 Å². The Morgan fingerprint density at radius 1 is 0.759 bits per heavy atom. The van der Waals surface area contributed by atoms with Crippen molar-refractivity contribution in [2.24, 2.45) is 20.5 Å². The summed E-state index contributed by atoms with van der Waals surface area (Å²) in [5.41, 5.74) is 1.68. The van der Waals surface area contributed by atoms with Crippen molar-refractivity contribution in [1.82, 2.24) is 0 Å². The normalized spacial score (nSPS) is 9.48. The molecule has 5 nitrogen and oxygen atoms in total. The van der Waals surface area contributed by atoms with Crippen molar-refractivity contribution in [3.63, 3.8) is 0 Å². The molecule has 0 saturated heterocycles. The number of phenolic OH excluding ortho intramolecular Hbond substituents is 1. The summed E-state index contributed by atoms with van der Waals surface area (Å²) in [6.45, 7) is 12.0. The van der Waals surface area contributed by atoms with E-state index in [-0.39, 0.29) is 38.5 Å². The molecule has 0 fully saturated rings. The molecule has 0 unspecified atom stereocenters. The predicted octanol–water partition coefficient (Wildman–Crippen LogP) is 8.55. The maximum absolute atomic E-state index is 10.3. The van der Waals surface area contributed by atoms with E-state index in [1.165, 1.54) is 0 Å². The molecule has 0 aliphatic heterocycles. The van der Waals surface area contributed by atoms with Crippen LogP contribution in [0.15, 0.2) is 75.1 Å². The van der Waals surface area contributed by atoms with Gasteiger partial charge in [-0.3, -0.25) is 0 Å². The average molecular weight is 468 g/mol. The Balaban J connectivity index is 0. The molecule has 0 aliphatic rings. The molecule has 3 aromatic carbocycles. The first kappa shape index (κ1) is 29.2. The van der Waals surface area contributed by atoms with E-state index in [0.29, 0.717) is 17.1 Å². The molecule has 3 rings (SSSR count). The third-order valence-corrected chi connectivity index (χ3v) is 3.14. The maximum Gasteiger partial charge on any atom is 0.150 e. The first-order valence-corrected chi connectivity index (χ1v) is 9.72. The molecular formula is C23H31N4OY-. The fraction of sp³-hybridized carbons (Fsp3) is 0.304. The molecule has 153 valence electrons. The van der Waals surface area contributed by atoms with E-state index < -0.39 is 0 Å². The van der Waals surface area contributed by atoms with Gasteiger partial charge < -0.3 is 5.11 Å². The van der Waals surface area contributed by atoms with Gasteiger partial charge in [0, 0.05) is 45.1 Å². The van der Waals surface area contributed by atoms with Gasteiger partial charge in [-0.25, -0.2) is 10.2 Å². The second kappa shape index (κ2) is 18.1. The van der Waals surface area contributed by atoms with E-state index in [1.807, 2.05) is 71.9 Å². The molecule has 0 bridgehead atoms. The Hall–Kier alpha value is -1.98. The van der Waals surface area contributed by atoms with E-state index in [9.17, 15) is 5.11 Å². The molecule has 1 radical (unpaired) electrons. The van der Waals surface area contributed by atoms with Crippen LogP contribution in [-0.2, 0) is 32.7 Å². The van der Waals surface area contributed by atoms with Gasteiger partial charge >= 0.3 is 0 Å². The van der Waals surface area contributed by atoms with Crippen LogP contribution in [0.2, 0.25) is 0 Å². The van der Waals surface area contributed by atoms with Gasteiger partial charge in [-0.1, -0.05) is 71.9 Å². The number of aromatic hydroxyl groups is 1. The largest absolute Gasteiger partial charge is 0.505 e. The monoisotopic (exact) mass is 468 g/mol. The number of hydrogen-bond acceptors (Lipinski definition) is 5. The fourth-order valence-corrected chi connectivity index (χ4v) is 2.08. The minimum Gasteiger partial charge on any atom is -0.505 e. The van der Waals surface area contributed by atoms with Crippen LogP contribution in [0, 0.1) is 6.07 Å². The number of rotatable bonds is 3. The predicted molar refractivity (Wildman–Crippen MR) is 120 cm³/mol. The van der Waals surface area contributed by atoms with Crippen molar-refractivity contribution in [3.05, 3.63) is 60.7 Å². The van der Waals surface area contributed by atoms with Crippen molar-refractivity contribution >= 4 is 27.8 Å². The number of nitrogens with zero attached hydrogens (tertiary/aromatic N) is 4. The summed E-state index contributed by atoms with van der Waals surface area (Å²) in [7, 11) is 1.61. The zero-order chi connectivity index (χ0) is 21.4. The van der Waals surface area contributed by atoms with Gasteiger partial charge in [0.15, 0.2) is 5.75 Å². The van der Waals surface area contributed by atoms with Crippen LogP contribution in [0.25, 0.3) is 10.8 Å². The van der Waals surface area contributed by atoms with Crippen LogP contribution in [0.1, 0.15) is 41.5 Å². The third kappa shape index (κ3) is 9.38. The van der Waals surface area contributed by atoms with Gasteiger partial charge in [0.25, 0.3) is 0 Å². The fourth-order valence-electron chi connectivity index (χ4n) is 2.08. The summed E-state index contributed by atoms with van der Waals surface area (Å²) in [5, 5.41) is 27.7. The van der Waals surface area contributed by atoms with Crippen LogP contribution in [0.5, 0.6) is 5.75 Å². The van der Waals surface area contributed by atoms with Gasteiger partial charge in [0.1, 0.15) is 5.69 Å². The number of phenols is 1. The minimum absolute atomic E-state index is 0. The number of hydrogen-bond donors (Lipinski definition) is 1. The van der Waals surface area contributed by atoms with E-state index in [1.54, 1.807) is 31.3 Å². The van der Waals surface area contributed by atoms with Crippen molar-refractivity contribution in [1.29, 1.82) is 0 Å². The molecular weight excluding hydrogens is 437 g/mol. The summed E-state index contributed by atoms with van der Waals surface area (Å²) in [6.07, 6.45) is 0. The molecule has 1 N–H and O–H groups in total. The molecule has 0 atom stereocenters. The summed E-state index contributed by atoms with van der Waals surface area (Å²) >= 11 is 0. The SMILES string of the molecule is CC.CC.CC.CN=Nc1c[c-]c(N=Nc2ccc3ccccc3c2O)cc1.[Y]. The van der Waals surface area contributed by atoms with Crippen molar-refractivity contribution < 1.29 is 37.8 Å². The van der Waals surface area contributed by atoms with E-state index >= 15 is 0 Å². The quantitative estimate of drug-likeness (QED) is 0.304. The Bertz CT molecular complexity index is 862. The second-order valence-electron chi connectivity index (χ2n) is 4.59. The summed E-state index contributed by atoms with van der Waals surface area (Å²) < 4.78 is 0. The molecule has 0 spiro atoms. The molecule has 0 aliphatic carbocycles. The summed E-state index contributed by atoms with van der Waals surface area (Å²) in [5.74, 6) is 0.123. The van der Waals surface area contributed by atoms with Crippen LogP contribution in [0.3, 0.4) is 0 Å². The Morgan fingerprint density at radius 2 is 1.41 bits per heavy atom. The Labute approximate surface area is 200 Å². The van der Waals surface area contributed by atoms with E-state index in [4.69, 9.17) is 0 Å². The topological polar surface area (TPSA) is 69.7 Å². The molecule has 3 aromatic rings. The van der Waals surface area contributed by atoms with Gasteiger partial charge in [0.05, 0.1) is 0 Å². The smallest absolute Gasteiger partial charge is 0.150 e. The van der Waals surface area contributed by atoms with Gasteiger partial charge in [-0.05, 0) is 22.8 Å². The first-order valence-electron chi connectivity index (χ1n) is 9.72. The molecule has 0 heterocycles. The van der Waals surface area contributed by atoms with Gasteiger partial charge in [0.2, 0.25) is 0 Å². The van der Waals surface area contributed by atoms with Crippen molar-refractivity contribution in [2.45, 2.75) is 41.5 Å². The van der Waals surface area contributed by atoms with Crippen molar-refractivity contribution in [3.8, 4) is 5.75 Å². The van der Waals surface area contributed by atoms with Crippen LogP contribution in [0.4, 0.5) is 17.1 Å². The average Bonchev–Trinajstić information content (AvgIpc) is 2.79. The van der Waals surface area contributed by atoms with E-state index in [2.05, 4.69) is 26.5 Å². The standard InChI is InChI=1S/C17H13N4O.3C2H6.Y/c1-18-19-13-7-9-14(10-8-13)20-21-16-11-6-12-4-2-3-5-15(12)17(16)22;3*1-2;/h2-9,11,22H,1H3;3*1-2H3;/q-1;;;;. The minimum atomic E-state index is 0. The second-order valence-corrected chi connectivity index (χ2v) is 4.59. The Morgan fingerprint density at radius 3 is 2.00 bits per heavy atom. The van der Waals surface area contributed by atoms with Gasteiger partial charge in [-0.15, -0.1) is 23.3 Å². The number of azo groups is 2. The summed E-state index contributed by atoms with van der Waals surface area (Å²) in [4.78, 5) is 0. The molecule has 0 saturated carbocycles. The number of benzene rings is 3. The molecule has 29 heavy (non-hydrogen) atoms. The van der Waals surface area contributed by atoms with Crippen LogP contribution < -0.4 is 0 Å². The molecule has 6 heteroatoms. The molecule has 0 aromatic heterocycles. The molecule has 0 amide bonds. The maximum atomic E-state index is 10.3. The zero-order valence-electron chi connectivity index (χ0n) is 18.5.